The van der Waals surface area contributed by atoms with Crippen LogP contribution in [0.3, 0.4) is 0 Å². The second kappa shape index (κ2) is 8.43. The third kappa shape index (κ3) is 4.24. The van der Waals surface area contributed by atoms with Crippen molar-refractivity contribution in [2.45, 2.75) is 26.2 Å². The Balaban J connectivity index is 1.81. The molecule has 0 saturated carbocycles. The van der Waals surface area contributed by atoms with Crippen LogP contribution >= 0.6 is 11.6 Å². The second-order valence-corrected chi connectivity index (χ2v) is 6.77. The summed E-state index contributed by atoms with van der Waals surface area (Å²) >= 11 is 6.16. The monoisotopic (exact) mass is 390 g/mol. The molecule has 0 atom stereocenters. The van der Waals surface area contributed by atoms with Crippen molar-refractivity contribution in [3.8, 4) is 11.5 Å². The topological polar surface area (TPSA) is 76.6 Å². The first-order valence-electron chi connectivity index (χ1n) is 8.85. The zero-order valence-corrected chi connectivity index (χ0v) is 16.5. The molecule has 1 aliphatic rings. The normalized spacial score (nSPS) is 14.0. The van der Waals surface area contributed by atoms with Gasteiger partial charge in [-0.25, -0.2) is 9.97 Å². The lowest BCUT2D eigenvalue weighted by Gasteiger charge is -2.26. The minimum atomic E-state index is -0.322. The molecule has 1 aromatic heterocycles. The summed E-state index contributed by atoms with van der Waals surface area (Å²) in [5.41, 5.74) is 1.49. The summed E-state index contributed by atoms with van der Waals surface area (Å²) in [7, 11) is 3.03. The largest absolute Gasteiger partial charge is 0.495 e. The van der Waals surface area contributed by atoms with Gasteiger partial charge in [0.05, 0.1) is 36.2 Å². The van der Waals surface area contributed by atoms with Crippen molar-refractivity contribution in [1.82, 2.24) is 9.97 Å². The Morgan fingerprint density at radius 2 is 1.85 bits per heavy atom. The average Bonchev–Trinajstić information content (AvgIpc) is 2.68. The summed E-state index contributed by atoms with van der Waals surface area (Å²) in [6.45, 7) is 3.71. The molecule has 0 bridgehead atoms. The molecule has 2 aromatic rings. The highest BCUT2D eigenvalue weighted by atomic mass is 35.5. The first-order valence-corrected chi connectivity index (χ1v) is 9.22. The maximum atomic E-state index is 12.7. The van der Waals surface area contributed by atoms with Gasteiger partial charge in [-0.2, -0.15) is 0 Å². The molecule has 0 aliphatic carbocycles. The smallest absolute Gasteiger partial charge is 0.259 e. The van der Waals surface area contributed by atoms with Crippen LogP contribution in [-0.2, 0) is 0 Å². The Morgan fingerprint density at radius 3 is 2.48 bits per heavy atom. The van der Waals surface area contributed by atoms with Crippen LogP contribution in [0.25, 0.3) is 0 Å². The Kier molecular flexibility index (Phi) is 6.01. The number of hydrogen-bond donors (Lipinski definition) is 1. The summed E-state index contributed by atoms with van der Waals surface area (Å²) < 4.78 is 10.5. The lowest BCUT2D eigenvalue weighted by Crippen LogP contribution is -2.31. The van der Waals surface area contributed by atoms with Crippen LogP contribution in [0.5, 0.6) is 11.5 Å². The van der Waals surface area contributed by atoms with Crippen LogP contribution in [0.1, 0.15) is 35.3 Å². The number of piperidine rings is 1. The molecule has 1 fully saturated rings. The maximum Gasteiger partial charge on any atom is 0.259 e. The van der Waals surface area contributed by atoms with Gasteiger partial charge in [0.2, 0.25) is 5.95 Å². The van der Waals surface area contributed by atoms with E-state index in [1.807, 2.05) is 6.92 Å². The summed E-state index contributed by atoms with van der Waals surface area (Å²) in [5, 5.41) is 3.19. The first-order chi connectivity index (χ1) is 13.0. The van der Waals surface area contributed by atoms with Crippen LogP contribution in [0.15, 0.2) is 18.3 Å². The third-order valence-electron chi connectivity index (χ3n) is 4.57. The van der Waals surface area contributed by atoms with Crippen molar-refractivity contribution in [2.24, 2.45) is 0 Å². The van der Waals surface area contributed by atoms with Gasteiger partial charge in [0.25, 0.3) is 5.91 Å². The Hall–Kier alpha value is -2.54. The number of ether oxygens (including phenoxy) is 2. The number of anilines is 2. The van der Waals surface area contributed by atoms with Gasteiger partial charge < -0.3 is 19.7 Å². The number of methoxy groups -OCH3 is 2. The fourth-order valence-electron chi connectivity index (χ4n) is 3.07. The number of rotatable bonds is 5. The van der Waals surface area contributed by atoms with E-state index in [4.69, 9.17) is 21.1 Å². The molecule has 1 aromatic carbocycles. The third-order valence-corrected chi connectivity index (χ3v) is 4.87. The molecule has 144 valence electrons. The number of nitrogens with one attached hydrogen (secondary N) is 1. The van der Waals surface area contributed by atoms with E-state index in [2.05, 4.69) is 20.2 Å². The molecule has 8 heteroatoms. The highest BCUT2D eigenvalue weighted by Crippen LogP contribution is 2.36. The number of aromatic nitrogens is 2. The van der Waals surface area contributed by atoms with E-state index in [9.17, 15) is 4.79 Å². The summed E-state index contributed by atoms with van der Waals surface area (Å²) in [6, 6.07) is 3.22. The van der Waals surface area contributed by atoms with E-state index in [1.165, 1.54) is 20.6 Å². The maximum absolute atomic E-state index is 12.7. The van der Waals surface area contributed by atoms with Gasteiger partial charge >= 0.3 is 0 Å². The van der Waals surface area contributed by atoms with E-state index in [0.29, 0.717) is 39.4 Å². The minimum absolute atomic E-state index is 0.322. The highest BCUT2D eigenvalue weighted by molar-refractivity contribution is 6.32. The highest BCUT2D eigenvalue weighted by Gasteiger charge is 2.19. The molecule has 1 saturated heterocycles. The quantitative estimate of drug-likeness (QED) is 0.838. The minimum Gasteiger partial charge on any atom is -0.495 e. The summed E-state index contributed by atoms with van der Waals surface area (Å²) in [5.74, 6) is 1.27. The standard InChI is InChI=1S/C19H23ClN4O3/c1-12-13(11-21-19(22-12)24-7-5-4-6-8-24)18(25)23-15-9-14(20)16(26-2)10-17(15)27-3/h9-11H,4-8H2,1-3H3,(H,23,25). The zero-order chi connectivity index (χ0) is 19.4. The van der Waals surface area contributed by atoms with Gasteiger partial charge in [-0.05, 0) is 32.3 Å². The SMILES string of the molecule is COc1cc(OC)c(NC(=O)c2cnc(N3CCCCC3)nc2C)cc1Cl. The molecule has 1 amide bonds. The zero-order valence-electron chi connectivity index (χ0n) is 15.7. The molecule has 0 unspecified atom stereocenters. The number of carbonyl (C=O) groups is 1. The molecule has 0 spiro atoms. The molecule has 7 nitrogen and oxygen atoms in total. The predicted molar refractivity (Wildman–Crippen MR) is 105 cm³/mol. The van der Waals surface area contributed by atoms with E-state index < -0.39 is 0 Å². The number of aryl methyl sites for hydroxylation is 1. The van der Waals surface area contributed by atoms with Crippen LogP contribution in [0.4, 0.5) is 11.6 Å². The van der Waals surface area contributed by atoms with E-state index in [0.717, 1.165) is 25.9 Å². The predicted octanol–water partition coefficient (Wildman–Crippen LogP) is 3.70. The van der Waals surface area contributed by atoms with Gasteiger partial charge in [0.15, 0.2) is 0 Å². The second-order valence-electron chi connectivity index (χ2n) is 6.36. The van der Waals surface area contributed by atoms with Crippen LogP contribution in [0.2, 0.25) is 5.02 Å². The molecular formula is C19H23ClN4O3. The van der Waals surface area contributed by atoms with Crippen molar-refractivity contribution in [1.29, 1.82) is 0 Å². The molecule has 3 rings (SSSR count). The molecule has 27 heavy (non-hydrogen) atoms. The van der Waals surface area contributed by atoms with E-state index >= 15 is 0 Å². The molecular weight excluding hydrogens is 368 g/mol. The fraction of sp³-hybridized carbons (Fsp3) is 0.421. The molecule has 0 radical (unpaired) electrons. The van der Waals surface area contributed by atoms with Crippen molar-refractivity contribution in [3.63, 3.8) is 0 Å². The molecule has 2 heterocycles. The Labute approximate surface area is 163 Å². The summed E-state index contributed by atoms with van der Waals surface area (Å²) in [4.78, 5) is 23.8. The van der Waals surface area contributed by atoms with Gasteiger partial charge in [0, 0.05) is 25.4 Å². The Bertz CT molecular complexity index is 838. The van der Waals surface area contributed by atoms with Gasteiger partial charge in [-0.3, -0.25) is 4.79 Å². The van der Waals surface area contributed by atoms with Crippen molar-refractivity contribution in [2.75, 3.05) is 37.5 Å². The number of halogens is 1. The number of hydrogen-bond acceptors (Lipinski definition) is 6. The van der Waals surface area contributed by atoms with Gasteiger partial charge in [-0.1, -0.05) is 11.6 Å². The van der Waals surface area contributed by atoms with Crippen molar-refractivity contribution >= 4 is 29.1 Å². The van der Waals surface area contributed by atoms with Gasteiger partial charge in [-0.15, -0.1) is 0 Å². The number of carbonyl (C=O) groups excluding carboxylic acids is 1. The first kappa shape index (κ1) is 19.2. The summed E-state index contributed by atoms with van der Waals surface area (Å²) in [6.07, 6.45) is 5.09. The lowest BCUT2D eigenvalue weighted by molar-refractivity contribution is 0.102. The van der Waals surface area contributed by atoms with Crippen LogP contribution < -0.4 is 19.7 Å². The van der Waals surface area contributed by atoms with Crippen LogP contribution in [0, 0.1) is 6.92 Å². The number of benzene rings is 1. The fourth-order valence-corrected chi connectivity index (χ4v) is 3.31. The Morgan fingerprint density at radius 1 is 1.15 bits per heavy atom. The van der Waals surface area contributed by atoms with Crippen molar-refractivity contribution in [3.05, 3.63) is 34.6 Å². The van der Waals surface area contributed by atoms with E-state index in [-0.39, 0.29) is 5.91 Å². The number of nitrogens with zero attached hydrogens (tertiary/aromatic N) is 3. The average molecular weight is 391 g/mol. The molecule has 1 aliphatic heterocycles. The van der Waals surface area contributed by atoms with Crippen LogP contribution in [-0.4, -0.2) is 43.2 Å². The van der Waals surface area contributed by atoms with E-state index in [1.54, 1.807) is 18.3 Å². The van der Waals surface area contributed by atoms with Crippen molar-refractivity contribution < 1.29 is 14.3 Å². The van der Waals surface area contributed by atoms with Gasteiger partial charge in [0.1, 0.15) is 11.5 Å². The molecule has 1 N–H and O–H groups in total. The number of amides is 1. The lowest BCUT2D eigenvalue weighted by atomic mass is 10.1.